The number of nitrogens with one attached hydrogen (secondary N) is 2. The van der Waals surface area contributed by atoms with Gasteiger partial charge in [-0.25, -0.2) is 0 Å². The first-order chi connectivity index (χ1) is 13.3. The van der Waals surface area contributed by atoms with Crippen molar-refractivity contribution in [1.29, 1.82) is 0 Å². The van der Waals surface area contributed by atoms with Crippen molar-refractivity contribution in [3.63, 3.8) is 0 Å². The zero-order valence-electron chi connectivity index (χ0n) is 16.2. The number of hydrogen-bond acceptors (Lipinski definition) is 4. The van der Waals surface area contributed by atoms with Gasteiger partial charge in [-0.3, -0.25) is 14.4 Å². The fraction of sp³-hybridized carbons (Fsp3) is 0.286. The Labute approximate surface area is 164 Å². The maximum absolute atomic E-state index is 12.1. The average molecular weight is 383 g/mol. The molecule has 0 saturated heterocycles. The molecule has 3 amide bonds. The number of benzene rings is 2. The normalized spacial score (nSPS) is 10.4. The fourth-order valence-corrected chi connectivity index (χ4v) is 2.74. The van der Waals surface area contributed by atoms with E-state index in [-0.39, 0.29) is 19.1 Å². The summed E-state index contributed by atoms with van der Waals surface area (Å²) in [6.45, 7) is 5.85. The molecule has 2 aromatic rings. The number of hydrogen-bond donors (Lipinski definition) is 3. The van der Waals surface area contributed by atoms with Gasteiger partial charge in [-0.1, -0.05) is 26.0 Å². The van der Waals surface area contributed by atoms with Crippen molar-refractivity contribution in [2.24, 2.45) is 5.73 Å². The Morgan fingerprint density at radius 1 is 1.11 bits per heavy atom. The van der Waals surface area contributed by atoms with Gasteiger partial charge in [0, 0.05) is 11.3 Å². The van der Waals surface area contributed by atoms with E-state index in [9.17, 15) is 14.4 Å². The number of carbonyl (C=O) groups is 3. The highest BCUT2D eigenvalue weighted by Crippen LogP contribution is 2.23. The van der Waals surface area contributed by atoms with E-state index < -0.39 is 11.8 Å². The van der Waals surface area contributed by atoms with Crippen LogP contribution in [-0.4, -0.2) is 30.9 Å². The lowest BCUT2D eigenvalue weighted by atomic mass is 9.98. The first kappa shape index (κ1) is 21.0. The molecule has 0 aliphatic carbocycles. The van der Waals surface area contributed by atoms with Crippen molar-refractivity contribution in [3.05, 3.63) is 59.2 Å². The number of aryl methyl sites for hydroxylation is 1. The lowest BCUT2D eigenvalue weighted by Gasteiger charge is -2.12. The quantitative estimate of drug-likeness (QED) is 0.650. The highest BCUT2D eigenvalue weighted by atomic mass is 16.5. The van der Waals surface area contributed by atoms with Crippen LogP contribution in [0.15, 0.2) is 42.5 Å². The molecule has 0 atom stereocenters. The summed E-state index contributed by atoms with van der Waals surface area (Å²) >= 11 is 0. The van der Waals surface area contributed by atoms with Gasteiger partial charge in [0.05, 0.1) is 6.54 Å². The standard InChI is InChI=1S/C21H25N3O4/c1-13(2)18-8-7-17(9-14(18)3)28-12-20(26)24-16-6-4-5-15(10-16)21(27)23-11-19(22)25/h4-10,13H,11-12H2,1-3H3,(H2,22,25)(H,23,27)(H,24,26). The van der Waals surface area contributed by atoms with Gasteiger partial charge in [0.2, 0.25) is 5.91 Å². The Bertz CT molecular complexity index is 878. The minimum absolute atomic E-state index is 0.154. The van der Waals surface area contributed by atoms with Crippen molar-refractivity contribution in [1.82, 2.24) is 5.32 Å². The molecule has 7 heteroatoms. The van der Waals surface area contributed by atoms with Gasteiger partial charge < -0.3 is 21.1 Å². The zero-order valence-corrected chi connectivity index (χ0v) is 16.2. The Morgan fingerprint density at radius 3 is 2.50 bits per heavy atom. The van der Waals surface area contributed by atoms with Crippen LogP contribution in [0.1, 0.15) is 41.3 Å². The topological polar surface area (TPSA) is 111 Å². The molecule has 4 N–H and O–H groups in total. The minimum atomic E-state index is -0.633. The number of nitrogens with two attached hydrogens (primary N) is 1. The zero-order chi connectivity index (χ0) is 20.7. The van der Waals surface area contributed by atoms with Crippen molar-refractivity contribution in [3.8, 4) is 5.75 Å². The molecule has 0 aromatic heterocycles. The number of carbonyl (C=O) groups excluding carboxylic acids is 3. The summed E-state index contributed by atoms with van der Waals surface area (Å²) in [5.41, 5.74) is 8.11. The summed E-state index contributed by atoms with van der Waals surface area (Å²) in [6.07, 6.45) is 0. The Hall–Kier alpha value is -3.35. The van der Waals surface area contributed by atoms with Crippen LogP contribution < -0.4 is 21.1 Å². The third-order valence-corrected chi connectivity index (χ3v) is 4.06. The Morgan fingerprint density at radius 2 is 1.86 bits per heavy atom. The molecule has 0 fully saturated rings. The molecular weight excluding hydrogens is 358 g/mol. The van der Waals surface area contributed by atoms with Gasteiger partial charge >= 0.3 is 0 Å². The molecule has 0 aliphatic heterocycles. The van der Waals surface area contributed by atoms with Crippen molar-refractivity contribution >= 4 is 23.4 Å². The first-order valence-electron chi connectivity index (χ1n) is 8.96. The van der Waals surface area contributed by atoms with Crippen molar-refractivity contribution < 1.29 is 19.1 Å². The van der Waals surface area contributed by atoms with E-state index in [1.54, 1.807) is 18.2 Å². The van der Waals surface area contributed by atoms with E-state index in [1.807, 2.05) is 25.1 Å². The van der Waals surface area contributed by atoms with E-state index in [0.29, 0.717) is 22.9 Å². The van der Waals surface area contributed by atoms with E-state index in [4.69, 9.17) is 10.5 Å². The Kier molecular flexibility index (Phi) is 7.14. The van der Waals surface area contributed by atoms with Crippen LogP contribution in [0.3, 0.4) is 0 Å². The van der Waals surface area contributed by atoms with Gasteiger partial charge in [-0.15, -0.1) is 0 Å². The minimum Gasteiger partial charge on any atom is -0.484 e. The molecule has 0 aliphatic rings. The lowest BCUT2D eigenvalue weighted by molar-refractivity contribution is -0.118. The summed E-state index contributed by atoms with van der Waals surface area (Å²) in [4.78, 5) is 34.8. The molecule has 0 radical (unpaired) electrons. The van der Waals surface area contributed by atoms with Crippen LogP contribution in [0.4, 0.5) is 5.69 Å². The summed E-state index contributed by atoms with van der Waals surface area (Å²) in [5, 5.41) is 5.07. The molecule has 28 heavy (non-hydrogen) atoms. The van der Waals surface area contributed by atoms with Gasteiger partial charge in [0.25, 0.3) is 11.8 Å². The monoisotopic (exact) mass is 383 g/mol. The lowest BCUT2D eigenvalue weighted by Crippen LogP contribution is -2.33. The molecule has 7 nitrogen and oxygen atoms in total. The van der Waals surface area contributed by atoms with Crippen LogP contribution >= 0.6 is 0 Å². The predicted octanol–water partition coefficient (Wildman–Crippen LogP) is 2.35. The van der Waals surface area contributed by atoms with Gasteiger partial charge in [0.15, 0.2) is 6.61 Å². The molecule has 0 bridgehead atoms. The Balaban J connectivity index is 1.92. The number of anilines is 1. The van der Waals surface area contributed by atoms with E-state index in [0.717, 1.165) is 5.56 Å². The summed E-state index contributed by atoms with van der Waals surface area (Å²) in [5.74, 6) is -0.389. The van der Waals surface area contributed by atoms with Gasteiger partial charge in [-0.2, -0.15) is 0 Å². The highest BCUT2D eigenvalue weighted by molar-refractivity contribution is 5.98. The van der Waals surface area contributed by atoms with Crippen LogP contribution in [-0.2, 0) is 9.59 Å². The maximum atomic E-state index is 12.1. The van der Waals surface area contributed by atoms with Crippen LogP contribution in [0.2, 0.25) is 0 Å². The van der Waals surface area contributed by atoms with Gasteiger partial charge in [0.1, 0.15) is 5.75 Å². The SMILES string of the molecule is Cc1cc(OCC(=O)Nc2cccc(C(=O)NCC(N)=O)c2)ccc1C(C)C. The summed E-state index contributed by atoms with van der Waals surface area (Å²) in [6, 6.07) is 12.1. The molecule has 0 heterocycles. The largest absolute Gasteiger partial charge is 0.484 e. The van der Waals surface area contributed by atoms with Crippen LogP contribution in [0, 0.1) is 6.92 Å². The molecule has 0 unspecified atom stereocenters. The first-order valence-corrected chi connectivity index (χ1v) is 8.96. The smallest absolute Gasteiger partial charge is 0.262 e. The number of primary amides is 1. The summed E-state index contributed by atoms with van der Waals surface area (Å²) < 4.78 is 5.56. The molecular formula is C21H25N3O4. The number of ether oxygens (including phenoxy) is 1. The number of rotatable bonds is 8. The molecule has 2 rings (SSSR count). The average Bonchev–Trinajstić information content (AvgIpc) is 2.64. The molecule has 2 aromatic carbocycles. The molecule has 0 spiro atoms. The van der Waals surface area contributed by atoms with Crippen molar-refractivity contribution in [2.45, 2.75) is 26.7 Å². The van der Waals surface area contributed by atoms with Gasteiger partial charge in [-0.05, 0) is 54.3 Å². The van der Waals surface area contributed by atoms with E-state index in [1.165, 1.54) is 11.6 Å². The van der Waals surface area contributed by atoms with E-state index >= 15 is 0 Å². The van der Waals surface area contributed by atoms with Crippen LogP contribution in [0.5, 0.6) is 5.75 Å². The molecule has 0 saturated carbocycles. The van der Waals surface area contributed by atoms with Crippen molar-refractivity contribution in [2.75, 3.05) is 18.5 Å². The maximum Gasteiger partial charge on any atom is 0.262 e. The van der Waals surface area contributed by atoms with E-state index in [2.05, 4.69) is 24.5 Å². The molecule has 148 valence electrons. The highest BCUT2D eigenvalue weighted by Gasteiger charge is 2.10. The third-order valence-electron chi connectivity index (χ3n) is 4.06. The number of amides is 3. The predicted molar refractivity (Wildman–Crippen MR) is 107 cm³/mol. The summed E-state index contributed by atoms with van der Waals surface area (Å²) in [7, 11) is 0. The second-order valence-electron chi connectivity index (χ2n) is 6.74. The van der Waals surface area contributed by atoms with Crippen LogP contribution in [0.25, 0.3) is 0 Å². The second-order valence-corrected chi connectivity index (χ2v) is 6.74. The fourth-order valence-electron chi connectivity index (χ4n) is 2.74. The third kappa shape index (κ3) is 6.12. The second kappa shape index (κ2) is 9.55.